The molecule has 4 nitrogen and oxygen atoms in total. The summed E-state index contributed by atoms with van der Waals surface area (Å²) in [7, 11) is -2.13. The van der Waals surface area contributed by atoms with Gasteiger partial charge in [0.15, 0.2) is 0 Å². The minimum absolute atomic E-state index is 0.312. The third-order valence-corrected chi connectivity index (χ3v) is 5.16. The van der Waals surface area contributed by atoms with Gasteiger partial charge in [-0.1, -0.05) is 19.3 Å². The minimum atomic E-state index is -2.13. The zero-order chi connectivity index (χ0) is 11.3. The lowest BCUT2D eigenvalue weighted by molar-refractivity contribution is -0.138. The molecule has 1 rings (SSSR count). The zero-order valence-corrected chi connectivity index (χ0v) is 10.5. The van der Waals surface area contributed by atoms with Crippen molar-refractivity contribution in [2.24, 2.45) is 0 Å². The largest absolute Gasteiger partial charge is 0.487 e. The summed E-state index contributed by atoms with van der Waals surface area (Å²) in [6.07, 6.45) is 5.58. The molecule has 0 unspecified atom stereocenters. The molecule has 15 heavy (non-hydrogen) atoms. The fraction of sp³-hybridized carbons (Fsp3) is 0.800. The van der Waals surface area contributed by atoms with Gasteiger partial charge in [-0.2, -0.15) is 0 Å². The lowest BCUT2D eigenvalue weighted by atomic mass is 10.0. The monoisotopic (exact) mass is 230 g/mol. The van der Waals surface area contributed by atoms with E-state index in [1.54, 1.807) is 0 Å². The molecule has 0 heterocycles. The normalized spacial score (nSPS) is 17.5. The molecule has 1 aliphatic rings. The van der Waals surface area contributed by atoms with Crippen LogP contribution < -0.4 is 0 Å². The highest BCUT2D eigenvalue weighted by atomic mass is 28.3. The molecule has 0 atom stereocenters. The first-order valence-electron chi connectivity index (χ1n) is 5.44. The molecule has 1 fully saturated rings. The van der Waals surface area contributed by atoms with Gasteiger partial charge in [0.25, 0.3) is 11.9 Å². The van der Waals surface area contributed by atoms with Crippen molar-refractivity contribution >= 4 is 21.2 Å². The van der Waals surface area contributed by atoms with Crippen LogP contribution in [0.1, 0.15) is 46.0 Å². The Morgan fingerprint density at radius 1 is 1.00 bits per heavy atom. The number of hydrogen-bond donors (Lipinski definition) is 0. The van der Waals surface area contributed by atoms with E-state index in [2.05, 4.69) is 0 Å². The van der Waals surface area contributed by atoms with E-state index in [1.165, 1.54) is 20.3 Å². The van der Waals surface area contributed by atoms with Gasteiger partial charge in [0.1, 0.15) is 0 Å². The fourth-order valence-electron chi connectivity index (χ4n) is 1.95. The van der Waals surface area contributed by atoms with Gasteiger partial charge in [0.2, 0.25) is 0 Å². The molecule has 86 valence electrons. The van der Waals surface area contributed by atoms with E-state index in [0.29, 0.717) is 5.54 Å². The van der Waals surface area contributed by atoms with Crippen LogP contribution in [0.3, 0.4) is 0 Å². The molecular weight excluding hydrogens is 212 g/mol. The topological polar surface area (TPSA) is 52.6 Å². The smallest absolute Gasteiger partial charge is 0.451 e. The Hall–Kier alpha value is -0.843. The van der Waals surface area contributed by atoms with Gasteiger partial charge in [-0.3, -0.25) is 9.59 Å². The average Bonchev–Trinajstić information content (AvgIpc) is 2.17. The van der Waals surface area contributed by atoms with Crippen molar-refractivity contribution in [3.63, 3.8) is 0 Å². The second-order valence-corrected chi connectivity index (χ2v) is 6.14. The molecule has 0 aliphatic heterocycles. The van der Waals surface area contributed by atoms with Gasteiger partial charge in [0, 0.05) is 19.4 Å². The summed E-state index contributed by atoms with van der Waals surface area (Å²) < 4.78 is 10.3. The Bertz CT molecular complexity index is 220. The molecule has 0 saturated heterocycles. The summed E-state index contributed by atoms with van der Waals surface area (Å²) in [6, 6.07) is 0. The van der Waals surface area contributed by atoms with Crippen LogP contribution in [-0.4, -0.2) is 21.2 Å². The molecule has 0 amide bonds. The van der Waals surface area contributed by atoms with Gasteiger partial charge in [-0.15, -0.1) is 0 Å². The lowest BCUT2D eigenvalue weighted by Crippen LogP contribution is -2.33. The maximum absolute atomic E-state index is 10.9. The number of carbonyl (C=O) groups excluding carboxylic acids is 2. The highest BCUT2D eigenvalue weighted by Gasteiger charge is 2.32. The maximum Gasteiger partial charge on any atom is 0.451 e. The van der Waals surface area contributed by atoms with Crippen LogP contribution in [0.25, 0.3) is 0 Å². The predicted octanol–water partition coefficient (Wildman–Crippen LogP) is 1.67. The molecule has 1 saturated carbocycles. The molecule has 0 N–H and O–H groups in total. The summed E-state index contributed by atoms with van der Waals surface area (Å²) in [6.45, 7) is 2.73. The van der Waals surface area contributed by atoms with Crippen LogP contribution in [0, 0.1) is 0 Å². The minimum Gasteiger partial charge on any atom is -0.487 e. The first kappa shape index (κ1) is 12.2. The average molecular weight is 230 g/mol. The SMILES string of the molecule is CC(=O)O[SiH](OC(C)=O)C1CCCCC1. The van der Waals surface area contributed by atoms with Crippen LogP contribution in [0.2, 0.25) is 5.54 Å². The molecular formula is C10H18O4Si. The van der Waals surface area contributed by atoms with Crippen LogP contribution in [0.4, 0.5) is 0 Å². The zero-order valence-electron chi connectivity index (χ0n) is 9.32. The lowest BCUT2D eigenvalue weighted by Gasteiger charge is -2.26. The quantitative estimate of drug-likeness (QED) is 0.692. The summed E-state index contributed by atoms with van der Waals surface area (Å²) >= 11 is 0. The third-order valence-electron chi connectivity index (χ3n) is 2.60. The van der Waals surface area contributed by atoms with Gasteiger partial charge < -0.3 is 8.85 Å². The third kappa shape index (κ3) is 4.46. The molecule has 0 bridgehead atoms. The fourth-order valence-corrected chi connectivity index (χ4v) is 4.05. The van der Waals surface area contributed by atoms with Crippen molar-refractivity contribution in [1.29, 1.82) is 0 Å². The standard InChI is InChI=1S/C10H18O4Si/c1-8(11)13-15(14-9(2)12)10-6-4-3-5-7-10/h10,15H,3-7H2,1-2H3. The molecule has 0 aromatic rings. The van der Waals surface area contributed by atoms with Crippen LogP contribution >= 0.6 is 0 Å². The number of rotatable bonds is 3. The molecule has 0 aromatic carbocycles. The van der Waals surface area contributed by atoms with E-state index in [4.69, 9.17) is 8.85 Å². The predicted molar refractivity (Wildman–Crippen MR) is 57.5 cm³/mol. The maximum atomic E-state index is 10.9. The summed E-state index contributed by atoms with van der Waals surface area (Å²) in [5, 5.41) is 0. The molecule has 0 spiro atoms. The van der Waals surface area contributed by atoms with Crippen LogP contribution in [0.15, 0.2) is 0 Å². The molecule has 0 aromatic heterocycles. The summed E-state index contributed by atoms with van der Waals surface area (Å²) in [5.41, 5.74) is 0.312. The van der Waals surface area contributed by atoms with Gasteiger partial charge in [0.05, 0.1) is 0 Å². The van der Waals surface area contributed by atoms with Crippen molar-refractivity contribution in [3.8, 4) is 0 Å². The molecule has 5 heteroatoms. The van der Waals surface area contributed by atoms with E-state index >= 15 is 0 Å². The number of hydrogen-bond acceptors (Lipinski definition) is 4. The first-order valence-corrected chi connectivity index (χ1v) is 7.05. The Labute approximate surface area is 91.8 Å². The Kier molecular flexibility index (Phi) is 4.81. The van der Waals surface area contributed by atoms with Gasteiger partial charge in [-0.25, -0.2) is 0 Å². The summed E-state index contributed by atoms with van der Waals surface area (Å²) in [5.74, 6) is -0.669. The van der Waals surface area contributed by atoms with Gasteiger partial charge in [-0.05, 0) is 12.8 Å². The van der Waals surface area contributed by atoms with E-state index in [-0.39, 0.29) is 11.9 Å². The van der Waals surface area contributed by atoms with E-state index < -0.39 is 9.28 Å². The van der Waals surface area contributed by atoms with Crippen molar-refractivity contribution < 1.29 is 18.4 Å². The van der Waals surface area contributed by atoms with Crippen molar-refractivity contribution in [1.82, 2.24) is 0 Å². The Balaban J connectivity index is 2.52. The first-order chi connectivity index (χ1) is 7.09. The molecule has 0 radical (unpaired) electrons. The van der Waals surface area contributed by atoms with Crippen molar-refractivity contribution in [2.45, 2.75) is 51.5 Å². The number of carbonyl (C=O) groups is 2. The van der Waals surface area contributed by atoms with Gasteiger partial charge >= 0.3 is 9.28 Å². The highest BCUT2D eigenvalue weighted by Crippen LogP contribution is 2.31. The highest BCUT2D eigenvalue weighted by molar-refractivity contribution is 6.50. The van der Waals surface area contributed by atoms with Crippen LogP contribution in [-0.2, 0) is 18.4 Å². The Morgan fingerprint density at radius 3 is 1.87 bits per heavy atom. The van der Waals surface area contributed by atoms with Crippen LogP contribution in [0.5, 0.6) is 0 Å². The van der Waals surface area contributed by atoms with Crippen molar-refractivity contribution in [2.75, 3.05) is 0 Å². The van der Waals surface area contributed by atoms with E-state index in [0.717, 1.165) is 25.7 Å². The second-order valence-electron chi connectivity index (χ2n) is 3.99. The van der Waals surface area contributed by atoms with E-state index in [9.17, 15) is 9.59 Å². The summed E-state index contributed by atoms with van der Waals surface area (Å²) in [4.78, 5) is 21.8. The van der Waals surface area contributed by atoms with E-state index in [1.807, 2.05) is 0 Å². The Morgan fingerprint density at radius 2 is 1.47 bits per heavy atom. The van der Waals surface area contributed by atoms with Crippen molar-refractivity contribution in [3.05, 3.63) is 0 Å². The molecule has 1 aliphatic carbocycles. The second kappa shape index (κ2) is 5.90.